The number of rotatable bonds is 3. The molecule has 0 radical (unpaired) electrons. The van der Waals surface area contributed by atoms with Crippen molar-refractivity contribution >= 4 is 17.6 Å². The normalized spacial score (nSPS) is 19.4. The number of hydrogen-bond donors (Lipinski definition) is 3. The van der Waals surface area contributed by atoms with Crippen LogP contribution in [-0.2, 0) is 4.79 Å². The predicted octanol–water partition coefficient (Wildman–Crippen LogP) is 2.78. The van der Waals surface area contributed by atoms with Gasteiger partial charge in [-0.25, -0.2) is 9.82 Å². The van der Waals surface area contributed by atoms with E-state index in [0.29, 0.717) is 31.5 Å². The third-order valence-corrected chi connectivity index (χ3v) is 5.30. The molecule has 2 aromatic carbocycles. The van der Waals surface area contributed by atoms with Crippen LogP contribution < -0.4 is 10.9 Å². The van der Waals surface area contributed by atoms with Gasteiger partial charge in [0.2, 0.25) is 0 Å². The molecule has 2 aromatic rings. The Kier molecular flexibility index (Phi) is 4.53. The lowest BCUT2D eigenvalue weighted by molar-refractivity contribution is -0.143. The molecular weight excluding hydrogens is 349 g/mol. The zero-order valence-electron chi connectivity index (χ0n) is 14.6. The fraction of sp³-hybridized carbons (Fsp3) is 0.300. The number of carbonyl (C=O) groups is 2. The highest BCUT2D eigenvalue weighted by Crippen LogP contribution is 2.34. The second-order valence-electron chi connectivity index (χ2n) is 6.96. The lowest BCUT2D eigenvalue weighted by Gasteiger charge is -2.30. The number of carboxylic acids is 1. The summed E-state index contributed by atoms with van der Waals surface area (Å²) in [6.07, 6.45) is 0.959. The monoisotopic (exact) mass is 369 g/mol. The number of likely N-dealkylation sites (tertiary alicyclic amines) is 1. The molecule has 4 rings (SSSR count). The standard InChI is InChI=1S/C20H20FN3O3/c21-15-4-1-12(2-5-15)18-16-11-14(3-6-17(16)22-23-18)19(25)24-9-7-13(8-10-24)20(26)27/h1-6,11,13,18,22-23H,7-10H2,(H,26,27). The number of anilines is 1. The van der Waals surface area contributed by atoms with E-state index in [0.717, 1.165) is 16.8 Å². The molecular formula is C20H20FN3O3. The third kappa shape index (κ3) is 3.38. The van der Waals surface area contributed by atoms with Crippen molar-refractivity contribution in [2.24, 2.45) is 5.92 Å². The van der Waals surface area contributed by atoms with E-state index in [1.807, 2.05) is 12.1 Å². The number of carboxylic acid groups (broad SMARTS) is 1. The number of hydrazine groups is 1. The largest absolute Gasteiger partial charge is 0.481 e. The van der Waals surface area contributed by atoms with Gasteiger partial charge in [0.25, 0.3) is 5.91 Å². The van der Waals surface area contributed by atoms with Gasteiger partial charge in [-0.2, -0.15) is 0 Å². The average molecular weight is 369 g/mol. The van der Waals surface area contributed by atoms with Gasteiger partial charge in [0.1, 0.15) is 5.82 Å². The molecule has 0 aliphatic carbocycles. The van der Waals surface area contributed by atoms with E-state index < -0.39 is 5.97 Å². The number of amides is 1. The number of aliphatic carboxylic acids is 1. The summed E-state index contributed by atoms with van der Waals surface area (Å²) in [5.74, 6) is -1.55. The number of hydrogen-bond acceptors (Lipinski definition) is 4. The first-order valence-corrected chi connectivity index (χ1v) is 8.96. The Bertz CT molecular complexity index is 877. The summed E-state index contributed by atoms with van der Waals surface area (Å²) in [4.78, 5) is 25.6. The van der Waals surface area contributed by atoms with E-state index in [1.165, 1.54) is 12.1 Å². The van der Waals surface area contributed by atoms with E-state index in [2.05, 4.69) is 10.9 Å². The van der Waals surface area contributed by atoms with Gasteiger partial charge < -0.3 is 15.4 Å². The van der Waals surface area contributed by atoms with Gasteiger partial charge in [0.15, 0.2) is 0 Å². The fourth-order valence-electron chi connectivity index (χ4n) is 3.71. The van der Waals surface area contributed by atoms with Crippen LogP contribution in [0.4, 0.5) is 10.1 Å². The SMILES string of the molecule is O=C(O)C1CCN(C(=O)c2ccc3c(c2)C(c2ccc(F)cc2)NN3)CC1. The van der Waals surface area contributed by atoms with Gasteiger partial charge in [-0.05, 0) is 48.7 Å². The van der Waals surface area contributed by atoms with Crippen LogP contribution in [0.5, 0.6) is 0 Å². The Morgan fingerprint density at radius 3 is 2.44 bits per heavy atom. The van der Waals surface area contributed by atoms with Crippen molar-refractivity contribution in [3.05, 3.63) is 65.0 Å². The average Bonchev–Trinajstić information content (AvgIpc) is 3.11. The molecule has 1 unspecified atom stereocenters. The second kappa shape index (κ2) is 7.00. The summed E-state index contributed by atoms with van der Waals surface area (Å²) in [5.41, 5.74) is 9.52. The molecule has 27 heavy (non-hydrogen) atoms. The van der Waals surface area contributed by atoms with Crippen molar-refractivity contribution < 1.29 is 19.1 Å². The number of nitrogens with zero attached hydrogens (tertiary/aromatic N) is 1. The lowest BCUT2D eigenvalue weighted by Crippen LogP contribution is -2.40. The summed E-state index contributed by atoms with van der Waals surface area (Å²) < 4.78 is 13.2. The molecule has 0 bridgehead atoms. The van der Waals surface area contributed by atoms with Crippen LogP contribution in [-0.4, -0.2) is 35.0 Å². The molecule has 1 atom stereocenters. The Balaban J connectivity index is 1.54. The Labute approximate surface area is 156 Å². The maximum absolute atomic E-state index is 13.2. The molecule has 1 saturated heterocycles. The highest BCUT2D eigenvalue weighted by molar-refractivity contribution is 5.95. The molecule has 2 aliphatic heterocycles. The topological polar surface area (TPSA) is 81.7 Å². The number of halogens is 1. The molecule has 1 amide bonds. The molecule has 0 saturated carbocycles. The number of fused-ring (bicyclic) bond motifs is 1. The van der Waals surface area contributed by atoms with E-state index in [-0.39, 0.29) is 23.7 Å². The molecule has 2 aliphatic rings. The maximum Gasteiger partial charge on any atom is 0.306 e. The van der Waals surface area contributed by atoms with Crippen molar-refractivity contribution in [1.82, 2.24) is 10.3 Å². The van der Waals surface area contributed by atoms with Gasteiger partial charge in [-0.3, -0.25) is 9.59 Å². The zero-order chi connectivity index (χ0) is 19.0. The van der Waals surface area contributed by atoms with Crippen LogP contribution in [0.25, 0.3) is 0 Å². The van der Waals surface area contributed by atoms with Crippen molar-refractivity contribution in [2.75, 3.05) is 18.5 Å². The van der Waals surface area contributed by atoms with Crippen molar-refractivity contribution in [3.8, 4) is 0 Å². The van der Waals surface area contributed by atoms with Crippen LogP contribution in [0.15, 0.2) is 42.5 Å². The van der Waals surface area contributed by atoms with E-state index >= 15 is 0 Å². The van der Waals surface area contributed by atoms with Crippen LogP contribution >= 0.6 is 0 Å². The van der Waals surface area contributed by atoms with Crippen LogP contribution in [0.2, 0.25) is 0 Å². The maximum atomic E-state index is 13.2. The van der Waals surface area contributed by atoms with E-state index in [4.69, 9.17) is 5.11 Å². The van der Waals surface area contributed by atoms with Gasteiger partial charge >= 0.3 is 5.97 Å². The highest BCUT2D eigenvalue weighted by Gasteiger charge is 2.29. The van der Waals surface area contributed by atoms with E-state index in [1.54, 1.807) is 23.1 Å². The first-order chi connectivity index (χ1) is 13.0. The minimum atomic E-state index is -0.793. The minimum absolute atomic E-state index is 0.0913. The molecule has 0 aromatic heterocycles. The Hall–Kier alpha value is -2.93. The van der Waals surface area contributed by atoms with Crippen LogP contribution in [0, 0.1) is 11.7 Å². The summed E-state index contributed by atoms with van der Waals surface area (Å²) in [6, 6.07) is 11.6. The molecule has 0 spiro atoms. The molecule has 140 valence electrons. The second-order valence-corrected chi connectivity index (χ2v) is 6.96. The van der Waals surface area contributed by atoms with Gasteiger partial charge in [-0.1, -0.05) is 12.1 Å². The first kappa shape index (κ1) is 17.5. The summed E-state index contributed by atoms with van der Waals surface area (Å²) in [5, 5.41) is 9.10. The quantitative estimate of drug-likeness (QED) is 0.775. The third-order valence-electron chi connectivity index (χ3n) is 5.30. The fourth-order valence-corrected chi connectivity index (χ4v) is 3.71. The van der Waals surface area contributed by atoms with Gasteiger partial charge in [0, 0.05) is 24.2 Å². The predicted molar refractivity (Wildman–Crippen MR) is 97.7 cm³/mol. The van der Waals surface area contributed by atoms with Gasteiger partial charge in [-0.15, -0.1) is 0 Å². The minimum Gasteiger partial charge on any atom is -0.481 e. The smallest absolute Gasteiger partial charge is 0.306 e. The highest BCUT2D eigenvalue weighted by atomic mass is 19.1. The number of benzene rings is 2. The van der Waals surface area contributed by atoms with Gasteiger partial charge in [0.05, 0.1) is 17.6 Å². The van der Waals surface area contributed by atoms with Crippen molar-refractivity contribution in [2.45, 2.75) is 18.9 Å². The molecule has 3 N–H and O–H groups in total. The zero-order valence-corrected chi connectivity index (χ0v) is 14.6. The van der Waals surface area contributed by atoms with Crippen molar-refractivity contribution in [1.29, 1.82) is 0 Å². The van der Waals surface area contributed by atoms with Crippen LogP contribution in [0.1, 0.15) is 40.4 Å². The first-order valence-electron chi connectivity index (χ1n) is 8.96. The number of carbonyl (C=O) groups excluding carboxylic acids is 1. The van der Waals surface area contributed by atoms with Crippen LogP contribution in [0.3, 0.4) is 0 Å². The Morgan fingerprint density at radius 2 is 1.78 bits per heavy atom. The molecule has 6 nitrogen and oxygen atoms in total. The Morgan fingerprint density at radius 1 is 1.07 bits per heavy atom. The number of piperidine rings is 1. The molecule has 2 heterocycles. The summed E-state index contributed by atoms with van der Waals surface area (Å²) in [6.45, 7) is 0.898. The summed E-state index contributed by atoms with van der Waals surface area (Å²) in [7, 11) is 0. The number of nitrogens with one attached hydrogen (secondary N) is 2. The lowest BCUT2D eigenvalue weighted by atomic mass is 9.95. The summed E-state index contributed by atoms with van der Waals surface area (Å²) >= 11 is 0. The molecule has 7 heteroatoms. The molecule has 1 fully saturated rings. The van der Waals surface area contributed by atoms with E-state index in [9.17, 15) is 14.0 Å². The van der Waals surface area contributed by atoms with Crippen molar-refractivity contribution in [3.63, 3.8) is 0 Å².